The Labute approximate surface area is 205 Å². The summed E-state index contributed by atoms with van der Waals surface area (Å²) in [6, 6.07) is 0.238. The first-order chi connectivity index (χ1) is 16.3. The average Bonchev–Trinajstić information content (AvgIpc) is 3.44. The van der Waals surface area contributed by atoms with E-state index in [1.54, 1.807) is 11.8 Å². The van der Waals surface area contributed by atoms with Crippen LogP contribution < -0.4 is 15.4 Å². The summed E-state index contributed by atoms with van der Waals surface area (Å²) in [5.74, 6) is 3.32. The van der Waals surface area contributed by atoms with Crippen molar-refractivity contribution in [3.63, 3.8) is 0 Å². The van der Waals surface area contributed by atoms with Gasteiger partial charge in [0, 0.05) is 11.3 Å². The number of methoxy groups -OCH3 is 1. The van der Waals surface area contributed by atoms with E-state index in [0.29, 0.717) is 27.9 Å². The minimum absolute atomic E-state index is 0.170. The zero-order valence-corrected chi connectivity index (χ0v) is 21.2. The molecule has 0 aromatic carbocycles. The van der Waals surface area contributed by atoms with Gasteiger partial charge in [0.05, 0.1) is 12.6 Å². The first kappa shape index (κ1) is 23.8. The number of hydrogen-bond acceptors (Lipinski definition) is 7. The Morgan fingerprint density at radius 2 is 1.74 bits per heavy atom. The second kappa shape index (κ2) is 9.63. The number of nitrogens with one attached hydrogen (secondary N) is 2. The van der Waals surface area contributed by atoms with Crippen LogP contribution in [0.5, 0.6) is 5.88 Å². The highest BCUT2D eigenvalue weighted by Crippen LogP contribution is 2.54. The molecule has 1 aromatic rings. The van der Waals surface area contributed by atoms with Crippen molar-refractivity contribution >= 4 is 23.8 Å². The summed E-state index contributed by atoms with van der Waals surface area (Å²) in [6.45, 7) is 3.85. The number of aromatic nitrogens is 1. The number of nitrogens with zero attached hydrogens (tertiary/aromatic N) is 1. The average molecular weight is 492 g/mol. The van der Waals surface area contributed by atoms with Crippen LogP contribution in [0.15, 0.2) is 9.42 Å². The second-order valence-corrected chi connectivity index (χ2v) is 12.7. The smallest absolute Gasteiger partial charge is 0.407 e. The van der Waals surface area contributed by atoms with E-state index in [4.69, 9.17) is 14.0 Å². The number of hydrogen-bond donors (Lipinski definition) is 2. The maximum atomic E-state index is 13.4. The minimum Gasteiger partial charge on any atom is -0.472 e. The van der Waals surface area contributed by atoms with E-state index in [2.05, 4.69) is 15.8 Å². The molecule has 9 heteroatoms. The molecule has 5 fully saturated rings. The standard InChI is InChI=1S/C25H37N3O5S/c1-25(2,27-24(30)31-3)13-32-23-21(34-18-6-4-5-7-18)20(33-28-23)22(29)26-19-16-9-14-8-15(11-16)12-17(19)10-14/h14-19H,4-13H2,1-3H3,(H,26,29)(H,27,30). The molecule has 2 N–H and O–H groups in total. The Morgan fingerprint density at radius 3 is 2.35 bits per heavy atom. The van der Waals surface area contributed by atoms with Crippen molar-refractivity contribution in [1.82, 2.24) is 15.8 Å². The van der Waals surface area contributed by atoms with Crippen molar-refractivity contribution in [3.8, 4) is 5.88 Å². The number of carbonyl (C=O) groups is 2. The highest BCUT2D eigenvalue weighted by molar-refractivity contribution is 8.00. The van der Waals surface area contributed by atoms with E-state index in [9.17, 15) is 9.59 Å². The summed E-state index contributed by atoms with van der Waals surface area (Å²) in [6.07, 6.45) is 10.5. The van der Waals surface area contributed by atoms with E-state index in [1.165, 1.54) is 52.1 Å². The van der Waals surface area contributed by atoms with Crippen LogP contribution in [0.4, 0.5) is 4.79 Å². The zero-order chi connectivity index (χ0) is 23.9. The lowest BCUT2D eigenvalue weighted by Crippen LogP contribution is -2.55. The number of carbonyl (C=O) groups excluding carboxylic acids is 2. The Morgan fingerprint density at radius 1 is 1.09 bits per heavy atom. The summed E-state index contributed by atoms with van der Waals surface area (Å²) in [7, 11) is 1.33. The lowest BCUT2D eigenvalue weighted by Gasteiger charge is -2.54. The Balaban J connectivity index is 1.30. The van der Waals surface area contributed by atoms with Crippen LogP contribution in [0.1, 0.15) is 82.2 Å². The van der Waals surface area contributed by atoms with E-state index >= 15 is 0 Å². The summed E-state index contributed by atoms with van der Waals surface area (Å²) in [4.78, 5) is 25.8. The maximum absolute atomic E-state index is 13.4. The molecule has 188 valence electrons. The van der Waals surface area contributed by atoms with Crippen molar-refractivity contribution in [2.45, 2.75) is 93.4 Å². The van der Waals surface area contributed by atoms with Crippen LogP contribution in [0, 0.1) is 23.7 Å². The Hall–Kier alpha value is -1.90. The van der Waals surface area contributed by atoms with Gasteiger partial charge in [-0.3, -0.25) is 4.79 Å². The molecule has 0 unspecified atom stereocenters. The van der Waals surface area contributed by atoms with Crippen molar-refractivity contribution < 1.29 is 23.6 Å². The molecule has 34 heavy (non-hydrogen) atoms. The summed E-state index contributed by atoms with van der Waals surface area (Å²) >= 11 is 1.65. The van der Waals surface area contributed by atoms with Crippen LogP contribution >= 0.6 is 11.8 Å². The third kappa shape index (κ3) is 5.04. The van der Waals surface area contributed by atoms with Gasteiger partial charge in [-0.1, -0.05) is 12.8 Å². The van der Waals surface area contributed by atoms with Gasteiger partial charge < -0.3 is 24.6 Å². The summed E-state index contributed by atoms with van der Waals surface area (Å²) in [5, 5.41) is 10.7. The van der Waals surface area contributed by atoms with Gasteiger partial charge in [0.2, 0.25) is 5.76 Å². The summed E-state index contributed by atoms with van der Waals surface area (Å²) in [5.41, 5.74) is -0.676. The predicted octanol–water partition coefficient (Wildman–Crippen LogP) is 4.78. The van der Waals surface area contributed by atoms with E-state index < -0.39 is 11.6 Å². The number of amides is 2. The van der Waals surface area contributed by atoms with Crippen LogP contribution in [-0.2, 0) is 4.74 Å². The van der Waals surface area contributed by atoms with Crippen molar-refractivity contribution in [3.05, 3.63) is 5.76 Å². The van der Waals surface area contributed by atoms with E-state index in [0.717, 1.165) is 24.7 Å². The van der Waals surface area contributed by atoms with Gasteiger partial charge in [-0.25, -0.2) is 4.79 Å². The SMILES string of the molecule is COC(=O)NC(C)(C)COc1noc(C(=O)NC2C3CC4CC(C3)CC2C4)c1SC1CCCC1. The molecule has 5 aliphatic carbocycles. The maximum Gasteiger partial charge on any atom is 0.407 e. The normalized spacial score (nSPS) is 30.4. The van der Waals surface area contributed by atoms with Crippen LogP contribution in [0.25, 0.3) is 0 Å². The Kier molecular flexibility index (Phi) is 6.75. The topological polar surface area (TPSA) is 103 Å². The van der Waals surface area contributed by atoms with Crippen LogP contribution in [-0.4, -0.2) is 47.7 Å². The van der Waals surface area contributed by atoms with Gasteiger partial charge in [0.25, 0.3) is 11.8 Å². The Bertz CT molecular complexity index is 882. The monoisotopic (exact) mass is 491 g/mol. The largest absolute Gasteiger partial charge is 0.472 e. The molecule has 0 atom stereocenters. The molecule has 0 aliphatic heterocycles. The van der Waals surface area contributed by atoms with Gasteiger partial charge in [0.1, 0.15) is 11.5 Å². The molecule has 1 aromatic heterocycles. The molecule has 0 spiro atoms. The molecular formula is C25H37N3O5S. The number of alkyl carbamates (subject to hydrolysis) is 1. The van der Waals surface area contributed by atoms with Crippen LogP contribution in [0.3, 0.4) is 0 Å². The predicted molar refractivity (Wildman–Crippen MR) is 128 cm³/mol. The first-order valence-electron chi connectivity index (χ1n) is 12.8. The summed E-state index contributed by atoms with van der Waals surface area (Å²) < 4.78 is 16.3. The molecule has 0 saturated heterocycles. The molecule has 5 aliphatic rings. The van der Waals surface area contributed by atoms with Gasteiger partial charge >= 0.3 is 6.09 Å². The number of thioether (sulfide) groups is 1. The van der Waals surface area contributed by atoms with Gasteiger partial charge in [0.15, 0.2) is 0 Å². The van der Waals surface area contributed by atoms with Crippen molar-refractivity contribution in [2.75, 3.05) is 13.7 Å². The number of rotatable bonds is 8. The fourth-order valence-corrected chi connectivity index (χ4v) is 8.11. The van der Waals surface area contributed by atoms with E-state index in [1.807, 2.05) is 13.8 Å². The van der Waals surface area contributed by atoms with Gasteiger partial charge in [-0.15, -0.1) is 11.8 Å². The molecule has 4 bridgehead atoms. The molecule has 8 nitrogen and oxygen atoms in total. The van der Waals surface area contributed by atoms with Crippen molar-refractivity contribution in [2.24, 2.45) is 23.7 Å². The third-order valence-corrected chi connectivity index (χ3v) is 9.53. The lowest BCUT2D eigenvalue weighted by molar-refractivity contribution is -0.0124. The molecule has 6 rings (SSSR count). The minimum atomic E-state index is -0.676. The first-order valence-corrected chi connectivity index (χ1v) is 13.7. The lowest BCUT2D eigenvalue weighted by atomic mass is 9.54. The third-order valence-electron chi connectivity index (χ3n) is 8.13. The molecule has 5 saturated carbocycles. The second-order valence-electron chi connectivity index (χ2n) is 11.4. The van der Waals surface area contributed by atoms with Gasteiger partial charge in [-0.2, -0.15) is 0 Å². The molecule has 0 radical (unpaired) electrons. The molecular weight excluding hydrogens is 454 g/mol. The fourth-order valence-electron chi connectivity index (χ4n) is 6.77. The number of ether oxygens (including phenoxy) is 2. The van der Waals surface area contributed by atoms with Crippen LogP contribution in [0.2, 0.25) is 0 Å². The fraction of sp³-hybridized carbons (Fsp3) is 0.800. The molecule has 2 amide bonds. The highest BCUT2D eigenvalue weighted by Gasteiger charge is 2.49. The zero-order valence-electron chi connectivity index (χ0n) is 20.4. The molecule has 1 heterocycles. The quantitative estimate of drug-likeness (QED) is 0.540. The van der Waals surface area contributed by atoms with E-state index in [-0.39, 0.29) is 24.3 Å². The van der Waals surface area contributed by atoms with Crippen molar-refractivity contribution in [1.29, 1.82) is 0 Å². The van der Waals surface area contributed by atoms with Gasteiger partial charge in [-0.05, 0) is 87.6 Å². The highest BCUT2D eigenvalue weighted by atomic mass is 32.2.